The van der Waals surface area contributed by atoms with Crippen molar-refractivity contribution in [2.24, 2.45) is 10.8 Å². The summed E-state index contributed by atoms with van der Waals surface area (Å²) in [7, 11) is 0. The number of nitrogens with two attached hydrogens (primary N) is 1. The van der Waals surface area contributed by atoms with Crippen LogP contribution in [-0.4, -0.2) is 18.9 Å². The number of carbonyl (C=O) groups excluding carboxylic acids is 1. The molecule has 7 heteroatoms. The van der Waals surface area contributed by atoms with Gasteiger partial charge in [0.25, 0.3) is 0 Å². The summed E-state index contributed by atoms with van der Waals surface area (Å²) < 4.78 is 12.3. The number of hydrazone groups is 1. The van der Waals surface area contributed by atoms with E-state index < -0.39 is 6.03 Å². The van der Waals surface area contributed by atoms with Crippen LogP contribution in [0.4, 0.5) is 4.79 Å². The van der Waals surface area contributed by atoms with Gasteiger partial charge < -0.3 is 15.2 Å². The van der Waals surface area contributed by atoms with E-state index >= 15 is 0 Å². The molecule has 0 unspecified atom stereocenters. The van der Waals surface area contributed by atoms with E-state index in [1.807, 2.05) is 43.3 Å². The molecule has 0 radical (unpaired) electrons. The summed E-state index contributed by atoms with van der Waals surface area (Å²) in [6, 6.07) is 12.7. The molecule has 0 bridgehead atoms. The number of rotatable bonds is 7. The van der Waals surface area contributed by atoms with Gasteiger partial charge in [0.1, 0.15) is 6.61 Å². The van der Waals surface area contributed by atoms with Gasteiger partial charge in [0.05, 0.1) is 17.3 Å². The number of benzene rings is 2. The predicted molar refractivity (Wildman–Crippen MR) is 96.4 cm³/mol. The van der Waals surface area contributed by atoms with E-state index in [-0.39, 0.29) is 0 Å². The molecule has 0 aromatic heterocycles. The second kappa shape index (κ2) is 8.93. The fraction of sp³-hybridized carbons (Fsp3) is 0.176. The Hall–Kier alpha value is -2.54. The molecule has 0 saturated carbocycles. The molecule has 0 aliphatic carbocycles. The number of primary amides is 1. The first-order chi connectivity index (χ1) is 11.6. The molecular weight excluding hydrogens is 374 g/mol. The van der Waals surface area contributed by atoms with E-state index in [0.717, 1.165) is 15.6 Å². The largest absolute Gasteiger partial charge is 0.490 e. The van der Waals surface area contributed by atoms with Crippen LogP contribution in [0.15, 0.2) is 52.0 Å². The van der Waals surface area contributed by atoms with Crippen molar-refractivity contribution in [3.05, 3.63) is 58.1 Å². The highest BCUT2D eigenvalue weighted by Crippen LogP contribution is 2.37. The van der Waals surface area contributed by atoms with Gasteiger partial charge in [-0.05, 0) is 46.1 Å². The third-order valence-electron chi connectivity index (χ3n) is 2.95. The van der Waals surface area contributed by atoms with Crippen LogP contribution in [0.5, 0.6) is 11.5 Å². The number of carbonyl (C=O) groups is 1. The second-order valence-electron chi connectivity index (χ2n) is 4.77. The molecule has 2 aromatic carbocycles. The SMILES string of the molecule is CCOc1cc(/C=N\NC(N)=O)cc(Br)c1OCc1ccccc1. The van der Waals surface area contributed by atoms with E-state index in [1.165, 1.54) is 6.21 Å². The summed E-state index contributed by atoms with van der Waals surface area (Å²) in [4.78, 5) is 10.6. The van der Waals surface area contributed by atoms with Crippen molar-refractivity contribution in [3.8, 4) is 11.5 Å². The van der Waals surface area contributed by atoms with Crippen molar-refractivity contribution in [3.63, 3.8) is 0 Å². The maximum absolute atomic E-state index is 10.6. The standard InChI is InChI=1S/C17H18BrN3O3/c1-2-23-15-9-13(10-20-21-17(19)22)8-14(18)16(15)24-11-12-6-4-3-5-7-12/h3-10H,2,11H2,1H3,(H3,19,21,22)/b20-10-. The Morgan fingerprint density at radius 2 is 2.04 bits per heavy atom. The molecule has 126 valence electrons. The Morgan fingerprint density at radius 3 is 2.71 bits per heavy atom. The van der Waals surface area contributed by atoms with E-state index in [4.69, 9.17) is 15.2 Å². The monoisotopic (exact) mass is 391 g/mol. The Kier molecular flexibility index (Phi) is 6.62. The van der Waals surface area contributed by atoms with Gasteiger partial charge in [-0.2, -0.15) is 5.10 Å². The van der Waals surface area contributed by atoms with Gasteiger partial charge in [-0.25, -0.2) is 10.2 Å². The topological polar surface area (TPSA) is 85.9 Å². The summed E-state index contributed by atoms with van der Waals surface area (Å²) in [5, 5.41) is 3.74. The minimum Gasteiger partial charge on any atom is -0.490 e. The molecule has 0 saturated heterocycles. The molecule has 0 spiro atoms. The number of nitrogens with zero attached hydrogens (tertiary/aromatic N) is 1. The van der Waals surface area contributed by atoms with Crippen LogP contribution in [0.25, 0.3) is 0 Å². The van der Waals surface area contributed by atoms with Crippen LogP contribution in [0.2, 0.25) is 0 Å². The Morgan fingerprint density at radius 1 is 1.29 bits per heavy atom. The maximum Gasteiger partial charge on any atom is 0.332 e. The zero-order valence-electron chi connectivity index (χ0n) is 13.2. The van der Waals surface area contributed by atoms with Crippen molar-refractivity contribution < 1.29 is 14.3 Å². The number of amides is 2. The first-order valence-corrected chi connectivity index (χ1v) is 8.11. The Balaban J connectivity index is 2.20. The predicted octanol–water partition coefficient (Wildman–Crippen LogP) is 3.43. The average molecular weight is 392 g/mol. The smallest absolute Gasteiger partial charge is 0.332 e. The number of nitrogens with one attached hydrogen (secondary N) is 1. The Bertz CT molecular complexity index is 721. The maximum atomic E-state index is 10.6. The zero-order valence-corrected chi connectivity index (χ0v) is 14.7. The van der Waals surface area contributed by atoms with Gasteiger partial charge in [-0.15, -0.1) is 0 Å². The minimum absolute atomic E-state index is 0.427. The molecule has 0 atom stereocenters. The molecule has 6 nitrogen and oxygen atoms in total. The van der Waals surface area contributed by atoms with Gasteiger partial charge in [-0.3, -0.25) is 0 Å². The summed E-state index contributed by atoms with van der Waals surface area (Å²) in [5.74, 6) is 1.20. The van der Waals surface area contributed by atoms with Crippen LogP contribution in [0, 0.1) is 0 Å². The number of hydrogen-bond donors (Lipinski definition) is 2. The highest BCUT2D eigenvalue weighted by molar-refractivity contribution is 9.10. The molecular formula is C17H18BrN3O3. The van der Waals surface area contributed by atoms with E-state index in [1.54, 1.807) is 6.07 Å². The van der Waals surface area contributed by atoms with E-state index in [2.05, 4.69) is 26.5 Å². The highest BCUT2D eigenvalue weighted by atomic mass is 79.9. The zero-order chi connectivity index (χ0) is 17.4. The molecule has 3 N–H and O–H groups in total. The van der Waals surface area contributed by atoms with Crippen LogP contribution in [0.1, 0.15) is 18.1 Å². The fourth-order valence-corrected chi connectivity index (χ4v) is 2.54. The molecule has 0 aliphatic heterocycles. The summed E-state index contributed by atoms with van der Waals surface area (Å²) in [6.07, 6.45) is 1.47. The second-order valence-corrected chi connectivity index (χ2v) is 5.63. The van der Waals surface area contributed by atoms with Crippen LogP contribution < -0.4 is 20.6 Å². The van der Waals surface area contributed by atoms with Crippen molar-refractivity contribution in [1.29, 1.82) is 0 Å². The van der Waals surface area contributed by atoms with Gasteiger partial charge >= 0.3 is 6.03 Å². The first-order valence-electron chi connectivity index (χ1n) is 7.31. The molecule has 2 aromatic rings. The molecule has 2 rings (SSSR count). The average Bonchev–Trinajstić information content (AvgIpc) is 2.55. The quantitative estimate of drug-likeness (QED) is 0.559. The summed E-state index contributed by atoms with van der Waals surface area (Å²) in [5.41, 5.74) is 8.90. The number of ether oxygens (including phenoxy) is 2. The molecule has 0 heterocycles. The van der Waals surface area contributed by atoms with Crippen molar-refractivity contribution in [1.82, 2.24) is 5.43 Å². The Labute approximate surface area is 148 Å². The lowest BCUT2D eigenvalue weighted by atomic mass is 10.2. The van der Waals surface area contributed by atoms with Gasteiger partial charge in [0.15, 0.2) is 11.5 Å². The molecule has 24 heavy (non-hydrogen) atoms. The van der Waals surface area contributed by atoms with Crippen molar-refractivity contribution in [2.75, 3.05) is 6.61 Å². The molecule has 2 amide bonds. The third-order valence-corrected chi connectivity index (χ3v) is 3.54. The number of hydrogen-bond acceptors (Lipinski definition) is 4. The van der Waals surface area contributed by atoms with Gasteiger partial charge in [0.2, 0.25) is 0 Å². The van der Waals surface area contributed by atoms with Gasteiger partial charge in [0, 0.05) is 0 Å². The number of urea groups is 1. The summed E-state index contributed by atoms with van der Waals surface area (Å²) >= 11 is 3.48. The first kappa shape index (κ1) is 17.8. The summed E-state index contributed by atoms with van der Waals surface area (Å²) in [6.45, 7) is 2.81. The van der Waals surface area contributed by atoms with E-state index in [0.29, 0.717) is 24.7 Å². The lowest BCUT2D eigenvalue weighted by Gasteiger charge is -2.14. The van der Waals surface area contributed by atoms with Crippen LogP contribution in [-0.2, 0) is 6.61 Å². The lowest BCUT2D eigenvalue weighted by Crippen LogP contribution is -2.24. The van der Waals surface area contributed by atoms with E-state index in [9.17, 15) is 4.79 Å². The van der Waals surface area contributed by atoms with Gasteiger partial charge in [-0.1, -0.05) is 30.3 Å². The minimum atomic E-state index is -0.724. The van der Waals surface area contributed by atoms with Crippen LogP contribution >= 0.6 is 15.9 Å². The molecule has 0 fully saturated rings. The molecule has 0 aliphatic rings. The van der Waals surface area contributed by atoms with Crippen LogP contribution in [0.3, 0.4) is 0 Å². The normalized spacial score (nSPS) is 10.6. The number of halogens is 1. The fourth-order valence-electron chi connectivity index (χ4n) is 1.97. The van der Waals surface area contributed by atoms with Crippen molar-refractivity contribution >= 4 is 28.2 Å². The van der Waals surface area contributed by atoms with Crippen molar-refractivity contribution in [2.45, 2.75) is 13.5 Å². The lowest BCUT2D eigenvalue weighted by molar-refractivity contribution is 0.249. The third kappa shape index (κ3) is 5.27. The highest BCUT2D eigenvalue weighted by Gasteiger charge is 2.12.